The smallest absolute Gasteiger partial charge is 0.306 e. The minimum Gasteiger partial charge on any atom is -0.481 e. The molecule has 0 heterocycles. The number of hydrogen-bond donors (Lipinski definition) is 1. The predicted octanol–water partition coefficient (Wildman–Crippen LogP) is 2.10. The van der Waals surface area contributed by atoms with Crippen LogP contribution < -0.4 is 0 Å². The zero-order valence-electron chi connectivity index (χ0n) is 8.76. The van der Waals surface area contributed by atoms with Gasteiger partial charge in [0.1, 0.15) is 5.78 Å². The molecule has 0 saturated heterocycles. The summed E-state index contributed by atoms with van der Waals surface area (Å²) in [5.74, 6) is -1.13. The van der Waals surface area contributed by atoms with Gasteiger partial charge in [0.15, 0.2) is 0 Å². The average molecular weight is 186 g/mol. The van der Waals surface area contributed by atoms with E-state index < -0.39 is 11.9 Å². The average Bonchev–Trinajstić information content (AvgIpc) is 1.97. The van der Waals surface area contributed by atoms with Crippen LogP contribution in [0.4, 0.5) is 0 Å². The van der Waals surface area contributed by atoms with Crippen molar-refractivity contribution >= 4 is 11.8 Å². The maximum Gasteiger partial charge on any atom is 0.306 e. The number of carbonyl (C=O) groups is 2. The van der Waals surface area contributed by atoms with Crippen LogP contribution in [-0.4, -0.2) is 16.9 Å². The molecule has 0 amide bonds. The van der Waals surface area contributed by atoms with Crippen LogP contribution in [0.1, 0.15) is 40.5 Å². The summed E-state index contributed by atoms with van der Waals surface area (Å²) in [5.41, 5.74) is -0.349. The fraction of sp³-hybridized carbons (Fsp3) is 0.800. The van der Waals surface area contributed by atoms with E-state index in [9.17, 15) is 9.59 Å². The van der Waals surface area contributed by atoms with Gasteiger partial charge in [-0.1, -0.05) is 27.7 Å². The Bertz CT molecular complexity index is 201. The predicted molar refractivity (Wildman–Crippen MR) is 50.5 cm³/mol. The molecule has 0 aromatic heterocycles. The summed E-state index contributed by atoms with van der Waals surface area (Å²) in [7, 11) is 0. The summed E-state index contributed by atoms with van der Waals surface area (Å²) in [6.07, 6.45) is 0.794. The van der Waals surface area contributed by atoms with Crippen molar-refractivity contribution in [2.24, 2.45) is 11.3 Å². The van der Waals surface area contributed by atoms with Crippen LogP contribution in [-0.2, 0) is 9.59 Å². The first-order valence-electron chi connectivity index (χ1n) is 4.51. The Morgan fingerprint density at radius 1 is 1.31 bits per heavy atom. The van der Waals surface area contributed by atoms with Gasteiger partial charge in [-0.05, 0) is 6.42 Å². The molecule has 0 aromatic carbocycles. The molecule has 0 aromatic rings. The Hall–Kier alpha value is -0.860. The van der Waals surface area contributed by atoms with Gasteiger partial charge >= 0.3 is 5.97 Å². The SMILES string of the molecule is CC(CCC(=O)C(C)(C)C)C(=O)O. The number of carboxylic acids is 1. The number of rotatable bonds is 4. The molecule has 0 rings (SSSR count). The third kappa shape index (κ3) is 4.65. The van der Waals surface area contributed by atoms with Crippen molar-refractivity contribution in [2.75, 3.05) is 0 Å². The summed E-state index contributed by atoms with van der Waals surface area (Å²) in [5, 5.41) is 8.59. The maximum atomic E-state index is 11.4. The molecule has 1 unspecified atom stereocenters. The second-order valence-electron chi connectivity index (χ2n) is 4.45. The van der Waals surface area contributed by atoms with Gasteiger partial charge in [-0.2, -0.15) is 0 Å². The van der Waals surface area contributed by atoms with E-state index in [0.29, 0.717) is 12.8 Å². The Morgan fingerprint density at radius 3 is 2.08 bits per heavy atom. The normalized spacial score (nSPS) is 13.8. The van der Waals surface area contributed by atoms with Gasteiger partial charge < -0.3 is 5.11 Å². The first kappa shape index (κ1) is 12.1. The fourth-order valence-corrected chi connectivity index (χ4v) is 0.846. The van der Waals surface area contributed by atoms with E-state index in [1.54, 1.807) is 6.92 Å². The lowest BCUT2D eigenvalue weighted by Gasteiger charge is -2.16. The third-order valence-electron chi connectivity index (χ3n) is 2.06. The second-order valence-corrected chi connectivity index (χ2v) is 4.45. The molecule has 3 heteroatoms. The van der Waals surface area contributed by atoms with E-state index >= 15 is 0 Å². The molecule has 76 valence electrons. The van der Waals surface area contributed by atoms with Crippen molar-refractivity contribution in [3.63, 3.8) is 0 Å². The molecule has 13 heavy (non-hydrogen) atoms. The molecular formula is C10H18O3. The zero-order valence-corrected chi connectivity index (χ0v) is 8.76. The van der Waals surface area contributed by atoms with Gasteiger partial charge in [0.25, 0.3) is 0 Å². The van der Waals surface area contributed by atoms with Gasteiger partial charge in [0.05, 0.1) is 5.92 Å². The molecule has 1 atom stereocenters. The Balaban J connectivity index is 3.91. The molecule has 0 aliphatic rings. The lowest BCUT2D eigenvalue weighted by Crippen LogP contribution is -2.21. The lowest BCUT2D eigenvalue weighted by molar-refractivity contribution is -0.141. The highest BCUT2D eigenvalue weighted by Crippen LogP contribution is 2.19. The third-order valence-corrected chi connectivity index (χ3v) is 2.06. The molecular weight excluding hydrogens is 168 g/mol. The van der Waals surface area contributed by atoms with Crippen LogP contribution in [0.2, 0.25) is 0 Å². The number of carboxylic acid groups (broad SMARTS) is 1. The molecule has 3 nitrogen and oxygen atoms in total. The van der Waals surface area contributed by atoms with E-state index in [0.717, 1.165) is 0 Å². The van der Waals surface area contributed by atoms with Crippen LogP contribution in [0.5, 0.6) is 0 Å². The topological polar surface area (TPSA) is 54.4 Å². The van der Waals surface area contributed by atoms with Gasteiger partial charge in [0, 0.05) is 11.8 Å². The van der Waals surface area contributed by atoms with E-state index in [2.05, 4.69) is 0 Å². The lowest BCUT2D eigenvalue weighted by atomic mass is 9.87. The number of hydrogen-bond acceptors (Lipinski definition) is 2. The van der Waals surface area contributed by atoms with E-state index in [4.69, 9.17) is 5.11 Å². The van der Waals surface area contributed by atoms with Crippen molar-refractivity contribution in [1.82, 2.24) is 0 Å². The summed E-state index contributed by atoms with van der Waals surface area (Å²) in [6.45, 7) is 7.17. The summed E-state index contributed by atoms with van der Waals surface area (Å²) < 4.78 is 0. The van der Waals surface area contributed by atoms with Crippen LogP contribution in [0.25, 0.3) is 0 Å². The summed E-state index contributed by atoms with van der Waals surface area (Å²) >= 11 is 0. The van der Waals surface area contributed by atoms with Crippen molar-refractivity contribution in [3.8, 4) is 0 Å². The number of ketones is 1. The number of carbonyl (C=O) groups excluding carboxylic acids is 1. The first-order chi connectivity index (χ1) is 5.75. The van der Waals surface area contributed by atoms with Crippen LogP contribution >= 0.6 is 0 Å². The highest BCUT2D eigenvalue weighted by Gasteiger charge is 2.22. The van der Waals surface area contributed by atoms with E-state index in [-0.39, 0.29) is 11.2 Å². The molecule has 0 aliphatic heterocycles. The summed E-state index contributed by atoms with van der Waals surface area (Å²) in [4.78, 5) is 21.8. The molecule has 0 fully saturated rings. The largest absolute Gasteiger partial charge is 0.481 e. The van der Waals surface area contributed by atoms with E-state index in [1.165, 1.54) is 0 Å². The minimum atomic E-state index is -0.832. The van der Waals surface area contributed by atoms with Crippen molar-refractivity contribution in [1.29, 1.82) is 0 Å². The monoisotopic (exact) mass is 186 g/mol. The molecule has 1 N–H and O–H groups in total. The Labute approximate surface area is 79.1 Å². The number of aliphatic carboxylic acids is 1. The van der Waals surface area contributed by atoms with Crippen LogP contribution in [0.15, 0.2) is 0 Å². The highest BCUT2D eigenvalue weighted by molar-refractivity contribution is 5.84. The summed E-state index contributed by atoms with van der Waals surface area (Å²) in [6, 6.07) is 0. The first-order valence-corrected chi connectivity index (χ1v) is 4.51. The van der Waals surface area contributed by atoms with Crippen LogP contribution in [0, 0.1) is 11.3 Å². The van der Waals surface area contributed by atoms with Crippen LogP contribution in [0.3, 0.4) is 0 Å². The fourth-order valence-electron chi connectivity index (χ4n) is 0.846. The molecule has 0 spiro atoms. The molecule has 0 radical (unpaired) electrons. The van der Waals surface area contributed by atoms with Gasteiger partial charge in [-0.25, -0.2) is 0 Å². The molecule has 0 saturated carbocycles. The Kier molecular flexibility index (Phi) is 4.11. The quantitative estimate of drug-likeness (QED) is 0.731. The molecule has 0 bridgehead atoms. The van der Waals surface area contributed by atoms with Crippen molar-refractivity contribution < 1.29 is 14.7 Å². The minimum absolute atomic E-state index is 0.126. The van der Waals surface area contributed by atoms with Crippen molar-refractivity contribution in [2.45, 2.75) is 40.5 Å². The van der Waals surface area contributed by atoms with Crippen molar-refractivity contribution in [3.05, 3.63) is 0 Å². The second kappa shape index (κ2) is 4.40. The molecule has 0 aliphatic carbocycles. The number of Topliss-reactive ketones (excluding diaryl/α,β-unsaturated/α-hetero) is 1. The highest BCUT2D eigenvalue weighted by atomic mass is 16.4. The van der Waals surface area contributed by atoms with Gasteiger partial charge in [-0.15, -0.1) is 0 Å². The standard InChI is InChI=1S/C10H18O3/c1-7(9(12)13)5-6-8(11)10(2,3)4/h7H,5-6H2,1-4H3,(H,12,13). The Morgan fingerprint density at radius 2 is 1.77 bits per heavy atom. The van der Waals surface area contributed by atoms with Gasteiger partial charge in [0.2, 0.25) is 0 Å². The zero-order chi connectivity index (χ0) is 10.6. The van der Waals surface area contributed by atoms with Gasteiger partial charge in [-0.3, -0.25) is 9.59 Å². The maximum absolute atomic E-state index is 11.4. The van der Waals surface area contributed by atoms with E-state index in [1.807, 2.05) is 20.8 Å².